The van der Waals surface area contributed by atoms with Gasteiger partial charge in [-0.05, 0) is 49.9 Å². The van der Waals surface area contributed by atoms with E-state index in [-0.39, 0.29) is 0 Å². The quantitative estimate of drug-likeness (QED) is 0.698. The van der Waals surface area contributed by atoms with Crippen molar-refractivity contribution in [2.45, 2.75) is 26.7 Å². The van der Waals surface area contributed by atoms with E-state index < -0.39 is 0 Å². The highest BCUT2D eigenvalue weighted by Crippen LogP contribution is 2.30. The molecule has 1 aromatic rings. The van der Waals surface area contributed by atoms with Crippen LogP contribution in [0.2, 0.25) is 0 Å². The molecule has 112 valence electrons. The van der Waals surface area contributed by atoms with Crippen molar-refractivity contribution in [2.24, 2.45) is 4.99 Å². The Morgan fingerprint density at radius 1 is 1.27 bits per heavy atom. The Balaban J connectivity index is 1.99. The van der Waals surface area contributed by atoms with E-state index in [1.807, 2.05) is 13.0 Å². The third-order valence-corrected chi connectivity index (χ3v) is 4.19. The van der Waals surface area contributed by atoms with Gasteiger partial charge in [-0.3, -0.25) is 4.99 Å². The summed E-state index contributed by atoms with van der Waals surface area (Å²) in [5, 5.41) is 4.42. The van der Waals surface area contributed by atoms with Crippen molar-refractivity contribution in [3.8, 4) is 11.5 Å². The van der Waals surface area contributed by atoms with Gasteiger partial charge in [-0.1, -0.05) is 0 Å². The van der Waals surface area contributed by atoms with Crippen molar-refractivity contribution < 1.29 is 4.42 Å². The number of nitrogens with zero attached hydrogens (tertiary/aromatic N) is 2. The molecule has 4 heteroatoms. The van der Waals surface area contributed by atoms with Crippen LogP contribution in [0.3, 0.4) is 0 Å². The molecule has 4 nitrogen and oxygen atoms in total. The van der Waals surface area contributed by atoms with E-state index in [0.717, 1.165) is 53.0 Å². The maximum absolute atomic E-state index is 6.09. The van der Waals surface area contributed by atoms with Crippen molar-refractivity contribution in [2.75, 3.05) is 18.4 Å². The SMILES string of the molecule is CCN=c1cc2oc3cc4c(cc3nc-2cc1C)CCCN4. The molecule has 0 atom stereocenters. The molecule has 1 aromatic carbocycles. The van der Waals surface area contributed by atoms with Gasteiger partial charge in [-0.25, -0.2) is 4.98 Å². The van der Waals surface area contributed by atoms with Gasteiger partial charge in [0.25, 0.3) is 0 Å². The largest absolute Gasteiger partial charge is 0.453 e. The zero-order valence-electron chi connectivity index (χ0n) is 12.9. The molecule has 1 aliphatic carbocycles. The van der Waals surface area contributed by atoms with Crippen molar-refractivity contribution in [3.63, 3.8) is 0 Å². The van der Waals surface area contributed by atoms with Gasteiger partial charge >= 0.3 is 0 Å². The molecule has 3 aliphatic rings. The summed E-state index contributed by atoms with van der Waals surface area (Å²) in [6.45, 7) is 5.90. The summed E-state index contributed by atoms with van der Waals surface area (Å²) in [4.78, 5) is 9.29. The summed E-state index contributed by atoms with van der Waals surface area (Å²) in [5.41, 5.74) is 6.28. The maximum atomic E-state index is 6.09. The van der Waals surface area contributed by atoms with Gasteiger partial charge < -0.3 is 9.73 Å². The standard InChI is InChI=1S/C18H19N3O/c1-3-19-13-9-17-15(7-11(13)2)21-16-8-12-5-4-6-20-14(12)10-18(16)22-17/h7-10,20H,3-6H2,1-2H3. The fourth-order valence-electron chi connectivity index (χ4n) is 3.07. The molecule has 2 aliphatic heterocycles. The number of aryl methyl sites for hydroxylation is 2. The molecule has 0 saturated heterocycles. The normalized spacial score (nSPS) is 15.1. The van der Waals surface area contributed by atoms with Gasteiger partial charge in [-0.2, -0.15) is 0 Å². The predicted octanol–water partition coefficient (Wildman–Crippen LogP) is 3.52. The number of anilines is 1. The van der Waals surface area contributed by atoms with Crippen LogP contribution in [0.5, 0.6) is 0 Å². The Morgan fingerprint density at radius 2 is 2.18 bits per heavy atom. The average molecular weight is 293 g/mol. The van der Waals surface area contributed by atoms with E-state index in [4.69, 9.17) is 9.40 Å². The highest BCUT2D eigenvalue weighted by molar-refractivity contribution is 5.82. The van der Waals surface area contributed by atoms with E-state index in [2.05, 4.69) is 35.4 Å². The highest BCUT2D eigenvalue weighted by Gasteiger charge is 2.15. The van der Waals surface area contributed by atoms with Crippen molar-refractivity contribution >= 4 is 16.8 Å². The summed E-state index contributed by atoms with van der Waals surface area (Å²) in [7, 11) is 0. The minimum absolute atomic E-state index is 0.769. The van der Waals surface area contributed by atoms with E-state index in [1.165, 1.54) is 17.7 Å². The lowest BCUT2D eigenvalue weighted by molar-refractivity contribution is 0.611. The van der Waals surface area contributed by atoms with Crippen LogP contribution in [0.15, 0.2) is 33.7 Å². The van der Waals surface area contributed by atoms with Crippen molar-refractivity contribution in [1.29, 1.82) is 0 Å². The van der Waals surface area contributed by atoms with E-state index in [0.29, 0.717) is 0 Å². The van der Waals surface area contributed by atoms with Gasteiger partial charge in [0.15, 0.2) is 11.3 Å². The Labute approximate surface area is 129 Å². The van der Waals surface area contributed by atoms with Crippen LogP contribution in [0.25, 0.3) is 22.6 Å². The summed E-state index contributed by atoms with van der Waals surface area (Å²) in [6.07, 6.45) is 2.27. The van der Waals surface area contributed by atoms with Crippen LogP contribution < -0.4 is 10.7 Å². The number of benzene rings is 2. The molecule has 0 saturated carbocycles. The molecule has 0 radical (unpaired) electrons. The molecular weight excluding hydrogens is 274 g/mol. The molecule has 0 unspecified atom stereocenters. The number of fused-ring (bicyclic) bond motifs is 3. The monoisotopic (exact) mass is 293 g/mol. The summed E-state index contributed by atoms with van der Waals surface area (Å²) < 4.78 is 6.09. The van der Waals surface area contributed by atoms with E-state index in [9.17, 15) is 0 Å². The molecule has 22 heavy (non-hydrogen) atoms. The maximum Gasteiger partial charge on any atom is 0.155 e. The lowest BCUT2D eigenvalue weighted by Crippen LogP contribution is -2.12. The van der Waals surface area contributed by atoms with Crippen LogP contribution in [0.4, 0.5) is 5.69 Å². The first-order valence-corrected chi connectivity index (χ1v) is 7.87. The molecule has 0 bridgehead atoms. The minimum Gasteiger partial charge on any atom is -0.453 e. The Hall–Kier alpha value is -2.36. The fourth-order valence-corrected chi connectivity index (χ4v) is 3.07. The van der Waals surface area contributed by atoms with Crippen molar-refractivity contribution in [3.05, 3.63) is 40.7 Å². The van der Waals surface area contributed by atoms with Gasteiger partial charge in [0.1, 0.15) is 11.2 Å². The molecule has 0 fully saturated rings. The van der Waals surface area contributed by atoms with Crippen LogP contribution in [0, 0.1) is 6.92 Å². The second-order valence-corrected chi connectivity index (χ2v) is 5.80. The van der Waals surface area contributed by atoms with Gasteiger partial charge in [0.05, 0.1) is 5.36 Å². The first kappa shape index (κ1) is 13.3. The lowest BCUT2D eigenvalue weighted by atomic mass is 10.0. The molecule has 0 spiro atoms. The van der Waals surface area contributed by atoms with E-state index in [1.54, 1.807) is 0 Å². The smallest absolute Gasteiger partial charge is 0.155 e. The number of hydrogen-bond donors (Lipinski definition) is 1. The summed E-state index contributed by atoms with van der Waals surface area (Å²) >= 11 is 0. The number of nitrogens with one attached hydrogen (secondary N) is 1. The Morgan fingerprint density at radius 3 is 3.05 bits per heavy atom. The van der Waals surface area contributed by atoms with Gasteiger partial charge in [0.2, 0.25) is 0 Å². The molecule has 1 N–H and O–H groups in total. The van der Waals surface area contributed by atoms with Crippen LogP contribution in [-0.2, 0) is 6.42 Å². The highest BCUT2D eigenvalue weighted by atomic mass is 16.3. The zero-order valence-corrected chi connectivity index (χ0v) is 12.9. The lowest BCUT2D eigenvalue weighted by Gasteiger charge is -2.18. The zero-order chi connectivity index (χ0) is 15.1. The van der Waals surface area contributed by atoms with Gasteiger partial charge in [-0.15, -0.1) is 0 Å². The molecule has 0 aromatic heterocycles. The number of hydrogen-bond acceptors (Lipinski definition) is 4. The first-order valence-electron chi connectivity index (χ1n) is 7.87. The second-order valence-electron chi connectivity index (χ2n) is 5.80. The number of aromatic nitrogens is 1. The summed E-state index contributed by atoms with van der Waals surface area (Å²) in [5.74, 6) is 0.793. The van der Waals surface area contributed by atoms with E-state index >= 15 is 0 Å². The van der Waals surface area contributed by atoms with Crippen LogP contribution in [0.1, 0.15) is 24.5 Å². The summed E-state index contributed by atoms with van der Waals surface area (Å²) in [6, 6.07) is 8.28. The second kappa shape index (κ2) is 5.13. The van der Waals surface area contributed by atoms with Crippen molar-refractivity contribution in [1.82, 2.24) is 4.98 Å². The topological polar surface area (TPSA) is 50.4 Å². The molecule has 2 heterocycles. The Kier molecular flexibility index (Phi) is 3.10. The molecule has 4 rings (SSSR count). The van der Waals surface area contributed by atoms with Gasteiger partial charge in [0, 0.05) is 30.9 Å². The first-order chi connectivity index (χ1) is 10.7. The third kappa shape index (κ3) is 2.15. The Bertz CT molecular complexity index is 895. The average Bonchev–Trinajstić information content (AvgIpc) is 2.52. The predicted molar refractivity (Wildman–Crippen MR) is 88.3 cm³/mol. The minimum atomic E-state index is 0.769. The van der Waals surface area contributed by atoms with Crippen LogP contribution in [-0.4, -0.2) is 18.1 Å². The third-order valence-electron chi connectivity index (χ3n) is 4.19. The molecule has 0 amide bonds. The fraction of sp³-hybridized carbons (Fsp3) is 0.333. The molecular formula is C18H19N3O. The van der Waals surface area contributed by atoms with Crippen LogP contribution >= 0.6 is 0 Å². The number of rotatable bonds is 1.